The number of methoxy groups -OCH3 is 1. The first-order chi connectivity index (χ1) is 19.5. The van der Waals surface area contributed by atoms with Gasteiger partial charge in [0, 0.05) is 24.8 Å². The van der Waals surface area contributed by atoms with Gasteiger partial charge >= 0.3 is 6.18 Å². The first-order valence-corrected chi connectivity index (χ1v) is 13.0. The molecule has 1 atom stereocenters. The maximum atomic E-state index is 15.2. The van der Waals surface area contributed by atoms with Crippen LogP contribution in [0.3, 0.4) is 0 Å². The Morgan fingerprint density at radius 3 is 2.71 bits per heavy atom. The molecule has 0 amide bonds. The molecule has 4 aromatic rings. The lowest BCUT2D eigenvalue weighted by molar-refractivity contribution is -0.138. The molecule has 0 radical (unpaired) electrons. The average Bonchev–Trinajstić information content (AvgIpc) is 3.73. The van der Waals surface area contributed by atoms with Crippen molar-refractivity contribution in [1.29, 1.82) is 0 Å². The van der Waals surface area contributed by atoms with Crippen molar-refractivity contribution < 1.29 is 22.3 Å². The molecule has 0 aliphatic heterocycles. The number of H-pyrrole nitrogens is 1. The lowest BCUT2D eigenvalue weighted by Gasteiger charge is -2.18. The zero-order valence-corrected chi connectivity index (χ0v) is 22.2. The highest BCUT2D eigenvalue weighted by atomic mass is 19.4. The van der Waals surface area contributed by atoms with E-state index >= 15 is 4.39 Å². The number of pyridine rings is 1. The third-order valence-corrected chi connectivity index (χ3v) is 6.78. The number of alkyl halides is 3. The first-order valence-electron chi connectivity index (χ1n) is 13.0. The minimum atomic E-state index is -4.85. The van der Waals surface area contributed by atoms with E-state index < -0.39 is 40.4 Å². The van der Waals surface area contributed by atoms with Gasteiger partial charge in [-0.2, -0.15) is 18.3 Å². The van der Waals surface area contributed by atoms with Crippen LogP contribution in [0.15, 0.2) is 46.4 Å². The van der Waals surface area contributed by atoms with Crippen LogP contribution < -0.4 is 26.5 Å². The van der Waals surface area contributed by atoms with Crippen molar-refractivity contribution in [3.8, 4) is 17.1 Å². The normalized spacial score (nSPS) is 14.2. The highest BCUT2D eigenvalue weighted by Gasteiger charge is 2.37. The largest absolute Gasteiger partial charge is 0.491 e. The van der Waals surface area contributed by atoms with E-state index in [1.165, 1.54) is 23.9 Å². The van der Waals surface area contributed by atoms with Gasteiger partial charge in [-0.1, -0.05) is 0 Å². The fourth-order valence-corrected chi connectivity index (χ4v) is 4.52. The smallest absolute Gasteiger partial charge is 0.423 e. The summed E-state index contributed by atoms with van der Waals surface area (Å²) in [5.74, 6) is 0.427. The quantitative estimate of drug-likeness (QED) is 0.236. The predicted octanol–water partition coefficient (Wildman–Crippen LogP) is 4.56. The van der Waals surface area contributed by atoms with Gasteiger partial charge in [0.05, 0.1) is 36.1 Å². The lowest BCUT2D eigenvalue weighted by atomic mass is 10.1. The Balaban J connectivity index is 1.30. The molecule has 1 aromatic carbocycles. The van der Waals surface area contributed by atoms with E-state index in [9.17, 15) is 22.8 Å². The highest BCUT2D eigenvalue weighted by molar-refractivity contribution is 5.86. The fourth-order valence-electron chi connectivity index (χ4n) is 4.52. The molecule has 1 aliphatic carbocycles. The Labute approximate surface area is 230 Å². The molecular weight excluding hydrogens is 546 g/mol. The molecule has 3 heterocycles. The van der Waals surface area contributed by atoms with Crippen molar-refractivity contribution >= 4 is 22.3 Å². The number of nitrogens with one attached hydrogen (secondary N) is 3. The molecule has 1 fully saturated rings. The Kier molecular flexibility index (Phi) is 7.65. The number of fused-ring (bicyclic) bond motifs is 1. The molecule has 14 heteroatoms. The summed E-state index contributed by atoms with van der Waals surface area (Å²) in [6, 6.07) is 4.21. The average molecular weight is 574 g/mol. The van der Waals surface area contributed by atoms with E-state index in [1.54, 1.807) is 24.3 Å². The van der Waals surface area contributed by atoms with Gasteiger partial charge in [-0.25, -0.2) is 19.5 Å². The van der Waals surface area contributed by atoms with Crippen molar-refractivity contribution in [3.05, 3.63) is 68.9 Å². The summed E-state index contributed by atoms with van der Waals surface area (Å²) in [4.78, 5) is 33.5. The predicted molar refractivity (Wildman–Crippen MR) is 145 cm³/mol. The Hall–Kier alpha value is -4.49. The van der Waals surface area contributed by atoms with Crippen LogP contribution in [-0.4, -0.2) is 43.9 Å². The van der Waals surface area contributed by atoms with Crippen LogP contribution in [0.2, 0.25) is 0 Å². The van der Waals surface area contributed by atoms with Crippen LogP contribution in [0.5, 0.6) is 5.75 Å². The fraction of sp³-hybridized carbons (Fsp3) is 0.370. The van der Waals surface area contributed by atoms with Gasteiger partial charge in [0.15, 0.2) is 17.4 Å². The van der Waals surface area contributed by atoms with Crippen molar-refractivity contribution in [2.75, 3.05) is 17.7 Å². The molecule has 0 bridgehead atoms. The first kappa shape index (κ1) is 28.1. The second-order valence-corrected chi connectivity index (χ2v) is 9.94. The van der Waals surface area contributed by atoms with E-state index in [0.29, 0.717) is 35.8 Å². The minimum Gasteiger partial charge on any atom is -0.491 e. The Morgan fingerprint density at radius 2 is 2.00 bits per heavy atom. The monoisotopic (exact) mass is 573 g/mol. The maximum absolute atomic E-state index is 15.2. The third kappa shape index (κ3) is 6.15. The molecule has 41 heavy (non-hydrogen) atoms. The zero-order valence-electron chi connectivity index (χ0n) is 22.2. The number of anilines is 2. The molecule has 1 saturated carbocycles. The summed E-state index contributed by atoms with van der Waals surface area (Å²) in [6.07, 6.45) is 1.96. The number of nitrogens with zero attached hydrogens (tertiary/aromatic N) is 4. The summed E-state index contributed by atoms with van der Waals surface area (Å²) in [5, 5.41) is 11.8. The molecule has 1 unspecified atom stereocenters. The molecule has 3 aromatic heterocycles. The number of hydrogen-bond donors (Lipinski definition) is 3. The molecule has 3 N–H and O–H groups in total. The number of ether oxygens (including phenoxy) is 1. The van der Waals surface area contributed by atoms with E-state index in [2.05, 4.69) is 25.7 Å². The van der Waals surface area contributed by atoms with Crippen molar-refractivity contribution in [3.63, 3.8) is 0 Å². The molecule has 0 saturated heterocycles. The van der Waals surface area contributed by atoms with E-state index in [1.807, 2.05) is 0 Å². The summed E-state index contributed by atoms with van der Waals surface area (Å²) >= 11 is 0. The molecule has 10 nitrogen and oxygen atoms in total. The van der Waals surface area contributed by atoms with Crippen molar-refractivity contribution in [2.24, 2.45) is 0 Å². The van der Waals surface area contributed by atoms with E-state index in [0.717, 1.165) is 25.1 Å². The molecule has 1 aliphatic rings. The summed E-state index contributed by atoms with van der Waals surface area (Å²) in [6.45, 7) is 1.91. The van der Waals surface area contributed by atoms with Crippen LogP contribution in [-0.2, 0) is 12.7 Å². The topological polar surface area (TPSA) is 127 Å². The van der Waals surface area contributed by atoms with Crippen LogP contribution >= 0.6 is 0 Å². The van der Waals surface area contributed by atoms with Crippen LogP contribution in [0, 0.1) is 5.82 Å². The Morgan fingerprint density at radius 1 is 1.22 bits per heavy atom. The number of rotatable bonds is 10. The van der Waals surface area contributed by atoms with Gasteiger partial charge in [0.1, 0.15) is 11.4 Å². The third-order valence-electron chi connectivity index (χ3n) is 6.78. The molecule has 5 rings (SSSR count). The van der Waals surface area contributed by atoms with Gasteiger partial charge in [0.2, 0.25) is 0 Å². The highest BCUT2D eigenvalue weighted by Crippen LogP contribution is 2.33. The summed E-state index contributed by atoms with van der Waals surface area (Å²) < 4.78 is 61.8. The van der Waals surface area contributed by atoms with Gasteiger partial charge in [-0.05, 0) is 56.2 Å². The van der Waals surface area contributed by atoms with Crippen molar-refractivity contribution in [2.45, 2.75) is 57.4 Å². The van der Waals surface area contributed by atoms with Gasteiger partial charge in [0.25, 0.3) is 11.1 Å². The van der Waals surface area contributed by atoms with Crippen LogP contribution in [0.4, 0.5) is 29.1 Å². The van der Waals surface area contributed by atoms with Gasteiger partial charge in [-0.3, -0.25) is 9.59 Å². The number of aryl methyl sites for hydroxylation is 1. The molecule has 216 valence electrons. The second-order valence-electron chi connectivity index (χ2n) is 9.94. The van der Waals surface area contributed by atoms with Crippen LogP contribution in [0.25, 0.3) is 22.2 Å². The van der Waals surface area contributed by atoms with E-state index in [-0.39, 0.29) is 23.3 Å². The van der Waals surface area contributed by atoms with Crippen molar-refractivity contribution in [1.82, 2.24) is 24.7 Å². The van der Waals surface area contributed by atoms with Gasteiger partial charge < -0.3 is 19.9 Å². The number of hydrogen-bond acceptors (Lipinski definition) is 8. The summed E-state index contributed by atoms with van der Waals surface area (Å²) in [7, 11) is 1.50. The summed E-state index contributed by atoms with van der Waals surface area (Å²) in [5.41, 5.74) is -3.36. The number of aromatic nitrogens is 5. The number of aromatic amines is 1. The minimum absolute atomic E-state index is 0.142. The SMILES string of the molecule is COc1cnc(-c2cc3ccn(CCCC(C)Nc4cn[nH]c(=O)c4C(F)(F)F)c(=O)c3cc2F)nc1NC1CC1. The number of benzene rings is 1. The maximum Gasteiger partial charge on any atom is 0.423 e. The molecule has 0 spiro atoms. The van der Waals surface area contributed by atoms with Gasteiger partial charge in [-0.15, -0.1) is 0 Å². The van der Waals surface area contributed by atoms with Crippen LogP contribution in [0.1, 0.15) is 38.2 Å². The Bertz CT molecular complexity index is 1700. The molecular formula is C27H27F4N7O3. The lowest BCUT2D eigenvalue weighted by Crippen LogP contribution is -2.27. The standard InChI is InChI=1S/C27H27F4N7O3/c1-14(34-20-12-33-37-25(39)22(20)27(29,30)31)4-3-8-38-9-7-15-10-18(19(28)11-17(15)26(38)40)23-32-13-21(41-2)24(36-23)35-16-5-6-16/h7,9-14,16H,3-6,8H2,1-2H3,(H,32,35,36)(H2,34,37,39). The van der Waals surface area contributed by atoms with E-state index in [4.69, 9.17) is 4.74 Å². The number of halogens is 4. The zero-order chi connectivity index (χ0) is 29.3. The second kappa shape index (κ2) is 11.2.